The Morgan fingerprint density at radius 2 is 1.76 bits per heavy atom. The van der Waals surface area contributed by atoms with Crippen molar-refractivity contribution in [2.75, 3.05) is 10.6 Å². The maximum Gasteiger partial charge on any atom is 0.229 e. The van der Waals surface area contributed by atoms with Crippen molar-refractivity contribution in [1.82, 2.24) is 20.2 Å². The highest BCUT2D eigenvalue weighted by Crippen LogP contribution is 2.39. The number of para-hydroxylation sites is 1. The van der Waals surface area contributed by atoms with Gasteiger partial charge in [-0.3, -0.25) is 5.10 Å². The van der Waals surface area contributed by atoms with Crippen LogP contribution in [0.5, 0.6) is 0 Å². The standard InChI is InChI=1S/C23H22N6/c1-15-14-24-23(27-22(15)26-21-13-20(28-29-21)17-11-12-17)25-19-10-6-5-9-18(19)16-7-3-2-4-8-16/h2-10,13-14,17H,11-12H2,1H3,(H3,24,25,26,27,28,29). The van der Waals surface area contributed by atoms with E-state index in [-0.39, 0.29) is 0 Å². The minimum atomic E-state index is 0.541. The Hall–Kier alpha value is -3.67. The fourth-order valence-corrected chi connectivity index (χ4v) is 3.34. The Kier molecular flexibility index (Phi) is 4.44. The van der Waals surface area contributed by atoms with Crippen LogP contribution in [0.2, 0.25) is 0 Å². The smallest absolute Gasteiger partial charge is 0.229 e. The van der Waals surface area contributed by atoms with Crippen molar-refractivity contribution in [2.45, 2.75) is 25.7 Å². The van der Waals surface area contributed by atoms with Crippen molar-refractivity contribution in [3.05, 3.63) is 78.1 Å². The van der Waals surface area contributed by atoms with Gasteiger partial charge in [-0.1, -0.05) is 48.5 Å². The van der Waals surface area contributed by atoms with Crippen molar-refractivity contribution in [2.24, 2.45) is 0 Å². The van der Waals surface area contributed by atoms with Gasteiger partial charge in [-0.15, -0.1) is 0 Å². The van der Waals surface area contributed by atoms with Crippen molar-refractivity contribution >= 4 is 23.3 Å². The summed E-state index contributed by atoms with van der Waals surface area (Å²) in [5.41, 5.74) is 5.36. The van der Waals surface area contributed by atoms with Gasteiger partial charge in [-0.05, 0) is 31.4 Å². The molecule has 0 unspecified atom stereocenters. The number of hydrogen-bond donors (Lipinski definition) is 3. The molecule has 0 aliphatic heterocycles. The van der Waals surface area contributed by atoms with Gasteiger partial charge < -0.3 is 10.6 Å². The summed E-state index contributed by atoms with van der Waals surface area (Å²) in [7, 11) is 0. The van der Waals surface area contributed by atoms with Crippen LogP contribution in [0.4, 0.5) is 23.3 Å². The van der Waals surface area contributed by atoms with E-state index in [1.54, 1.807) is 0 Å². The first-order valence-corrected chi connectivity index (χ1v) is 9.84. The van der Waals surface area contributed by atoms with E-state index in [1.165, 1.54) is 18.5 Å². The van der Waals surface area contributed by atoms with Gasteiger partial charge in [0.2, 0.25) is 5.95 Å². The van der Waals surface area contributed by atoms with E-state index in [9.17, 15) is 0 Å². The zero-order valence-corrected chi connectivity index (χ0v) is 16.2. The summed E-state index contributed by atoms with van der Waals surface area (Å²) < 4.78 is 0. The normalized spacial score (nSPS) is 13.3. The van der Waals surface area contributed by atoms with Crippen LogP contribution < -0.4 is 10.6 Å². The predicted octanol–water partition coefficient (Wildman–Crippen LogP) is 5.54. The lowest BCUT2D eigenvalue weighted by Crippen LogP contribution is -2.03. The zero-order chi connectivity index (χ0) is 19.6. The minimum Gasteiger partial charge on any atom is -0.324 e. The van der Waals surface area contributed by atoms with Gasteiger partial charge >= 0.3 is 0 Å². The van der Waals surface area contributed by atoms with E-state index in [0.717, 1.165) is 34.0 Å². The van der Waals surface area contributed by atoms with Gasteiger partial charge in [-0.25, -0.2) is 4.98 Å². The van der Waals surface area contributed by atoms with Crippen LogP contribution in [0.3, 0.4) is 0 Å². The fraction of sp³-hybridized carbons (Fsp3) is 0.174. The molecule has 144 valence electrons. The van der Waals surface area contributed by atoms with Gasteiger partial charge in [0.1, 0.15) is 5.82 Å². The number of aryl methyl sites for hydroxylation is 1. The van der Waals surface area contributed by atoms with Crippen LogP contribution in [0.25, 0.3) is 11.1 Å². The highest BCUT2D eigenvalue weighted by atomic mass is 15.2. The molecule has 4 aromatic rings. The highest BCUT2D eigenvalue weighted by molar-refractivity contribution is 5.80. The molecule has 1 aliphatic carbocycles. The monoisotopic (exact) mass is 382 g/mol. The van der Waals surface area contributed by atoms with Crippen LogP contribution in [0.1, 0.15) is 30.0 Å². The van der Waals surface area contributed by atoms with Crippen molar-refractivity contribution in [3.8, 4) is 11.1 Å². The van der Waals surface area contributed by atoms with Gasteiger partial charge in [0.15, 0.2) is 5.82 Å². The summed E-state index contributed by atoms with van der Waals surface area (Å²) in [6, 6.07) is 20.5. The Morgan fingerprint density at radius 1 is 0.966 bits per heavy atom. The quantitative estimate of drug-likeness (QED) is 0.408. The van der Waals surface area contributed by atoms with Gasteiger partial charge in [0.05, 0.1) is 0 Å². The number of aromatic amines is 1. The second-order valence-corrected chi connectivity index (χ2v) is 7.37. The Bertz CT molecular complexity index is 1130. The summed E-state index contributed by atoms with van der Waals surface area (Å²) in [6.07, 6.45) is 4.30. The first-order valence-electron chi connectivity index (χ1n) is 9.84. The average molecular weight is 382 g/mol. The zero-order valence-electron chi connectivity index (χ0n) is 16.2. The molecule has 1 aliphatic rings. The third kappa shape index (κ3) is 3.82. The number of rotatable bonds is 6. The number of H-pyrrole nitrogens is 1. The minimum absolute atomic E-state index is 0.541. The highest BCUT2D eigenvalue weighted by Gasteiger charge is 2.25. The van der Waals surface area contributed by atoms with E-state index < -0.39 is 0 Å². The molecule has 0 saturated heterocycles. The number of hydrogen-bond acceptors (Lipinski definition) is 5. The molecule has 6 nitrogen and oxygen atoms in total. The Morgan fingerprint density at radius 3 is 2.59 bits per heavy atom. The second-order valence-electron chi connectivity index (χ2n) is 7.37. The number of aromatic nitrogens is 4. The first kappa shape index (κ1) is 17.4. The number of nitrogens with one attached hydrogen (secondary N) is 3. The maximum atomic E-state index is 4.68. The summed E-state index contributed by atoms with van der Waals surface area (Å²) in [5.74, 6) is 2.70. The van der Waals surface area contributed by atoms with Crippen molar-refractivity contribution in [1.29, 1.82) is 0 Å². The van der Waals surface area contributed by atoms with Crippen LogP contribution in [-0.4, -0.2) is 20.2 Å². The second kappa shape index (κ2) is 7.39. The van der Waals surface area contributed by atoms with Gasteiger partial charge in [0.25, 0.3) is 0 Å². The van der Waals surface area contributed by atoms with E-state index in [2.05, 4.69) is 55.1 Å². The lowest BCUT2D eigenvalue weighted by Gasteiger charge is -2.13. The van der Waals surface area contributed by atoms with Crippen LogP contribution in [-0.2, 0) is 0 Å². The molecule has 0 amide bonds. The first-order chi connectivity index (χ1) is 14.3. The van der Waals surface area contributed by atoms with Gasteiger partial charge in [0, 0.05) is 40.7 Å². The lowest BCUT2D eigenvalue weighted by atomic mass is 10.0. The lowest BCUT2D eigenvalue weighted by molar-refractivity contribution is 0.966. The van der Waals surface area contributed by atoms with E-state index in [0.29, 0.717) is 11.9 Å². The summed E-state index contributed by atoms with van der Waals surface area (Å²) in [4.78, 5) is 9.14. The third-order valence-electron chi connectivity index (χ3n) is 5.09. The van der Waals surface area contributed by atoms with Gasteiger partial charge in [-0.2, -0.15) is 10.1 Å². The molecule has 2 aromatic heterocycles. The van der Waals surface area contributed by atoms with E-state index in [1.807, 2.05) is 49.5 Å². The molecule has 2 heterocycles. The Balaban J connectivity index is 1.40. The molecule has 1 saturated carbocycles. The molecule has 1 fully saturated rings. The van der Waals surface area contributed by atoms with E-state index in [4.69, 9.17) is 0 Å². The van der Waals surface area contributed by atoms with E-state index >= 15 is 0 Å². The number of nitrogens with zero attached hydrogens (tertiary/aromatic N) is 3. The SMILES string of the molecule is Cc1cnc(Nc2ccccc2-c2ccccc2)nc1Nc1cc(C2CC2)[nH]n1. The number of anilines is 4. The Labute approximate surface area is 169 Å². The molecule has 29 heavy (non-hydrogen) atoms. The molecular formula is C23H22N6. The van der Waals surface area contributed by atoms with Crippen LogP contribution in [0, 0.1) is 6.92 Å². The summed E-state index contributed by atoms with van der Waals surface area (Å²) >= 11 is 0. The molecule has 5 rings (SSSR count). The average Bonchev–Trinajstić information content (AvgIpc) is 3.50. The summed E-state index contributed by atoms with van der Waals surface area (Å²) in [5, 5.41) is 14.2. The predicted molar refractivity (Wildman–Crippen MR) is 116 cm³/mol. The van der Waals surface area contributed by atoms with Crippen molar-refractivity contribution in [3.63, 3.8) is 0 Å². The van der Waals surface area contributed by atoms with Crippen molar-refractivity contribution < 1.29 is 0 Å². The molecule has 6 heteroatoms. The largest absolute Gasteiger partial charge is 0.324 e. The molecule has 2 aromatic carbocycles. The molecular weight excluding hydrogens is 360 g/mol. The van der Waals surface area contributed by atoms with Crippen LogP contribution in [0.15, 0.2) is 66.9 Å². The topological polar surface area (TPSA) is 78.5 Å². The number of benzene rings is 2. The molecule has 0 atom stereocenters. The molecule has 3 N–H and O–H groups in total. The molecule has 0 spiro atoms. The maximum absolute atomic E-state index is 4.68. The molecule has 0 radical (unpaired) electrons. The molecule has 0 bridgehead atoms. The summed E-state index contributed by atoms with van der Waals surface area (Å²) in [6.45, 7) is 1.98. The van der Waals surface area contributed by atoms with Crippen LogP contribution >= 0.6 is 0 Å². The fourth-order valence-electron chi connectivity index (χ4n) is 3.34. The third-order valence-corrected chi connectivity index (χ3v) is 5.09.